The maximum atomic E-state index is 12.1. The van der Waals surface area contributed by atoms with Crippen LogP contribution in [0.4, 0.5) is 0 Å². The molecule has 2 saturated heterocycles. The van der Waals surface area contributed by atoms with Gasteiger partial charge in [0.1, 0.15) is 11.2 Å². The molecule has 58 heavy (non-hydrogen) atoms. The van der Waals surface area contributed by atoms with Crippen molar-refractivity contribution >= 4 is 35.8 Å². The Labute approximate surface area is 346 Å². The standard InChI is InChI=1S/C15H24O3.C14H24O2.C12H16O3.C6H8O3/c1-3-10(2)13(16)18-15-7-11-4-12(8-15)6-14(17,5-11)9-15;1-8-9(2)11-6-10(8)7-12(11)13(15)16-14(3,4)5;1-6-7(2)9-3-8(6)4-12(9)5-10(13)15-11(12)14;1-3-4(2)6(8)9-5(3)7/h10-12,17H,3-9H2,1-2H3;8-12H,6-7H2,1-5H3;6-9H,3-5H2,1-2H3;3-4H,1-2H3. The Morgan fingerprint density at radius 3 is 1.78 bits per heavy atom. The maximum absolute atomic E-state index is 12.1. The number of fused-ring (bicyclic) bond motifs is 5. The van der Waals surface area contributed by atoms with Crippen LogP contribution in [0.1, 0.15) is 153 Å². The topological polar surface area (TPSA) is 160 Å². The number of esters is 6. The summed E-state index contributed by atoms with van der Waals surface area (Å²) in [5.41, 5.74) is -1.64. The molecule has 8 saturated carbocycles. The predicted octanol–water partition coefficient (Wildman–Crippen LogP) is 8.02. The molecule has 8 bridgehead atoms. The van der Waals surface area contributed by atoms with Crippen molar-refractivity contribution in [3.63, 3.8) is 0 Å². The zero-order chi connectivity index (χ0) is 42.9. The summed E-state index contributed by atoms with van der Waals surface area (Å²) in [7, 11) is 0. The Morgan fingerprint density at radius 1 is 0.776 bits per heavy atom. The zero-order valence-electron chi connectivity index (χ0n) is 37.1. The first kappa shape index (κ1) is 44.7. The van der Waals surface area contributed by atoms with Gasteiger partial charge >= 0.3 is 35.8 Å². The average Bonchev–Trinajstić information content (AvgIpc) is 3.94. The molecular weight excluding hydrogens is 741 g/mol. The van der Waals surface area contributed by atoms with Crippen molar-refractivity contribution < 1.29 is 52.8 Å². The second kappa shape index (κ2) is 16.2. The normalized spacial score (nSPS) is 45.4. The van der Waals surface area contributed by atoms with Crippen LogP contribution in [0.3, 0.4) is 0 Å². The summed E-state index contributed by atoms with van der Waals surface area (Å²) in [4.78, 5) is 68.3. The van der Waals surface area contributed by atoms with E-state index in [0.29, 0.717) is 60.2 Å². The van der Waals surface area contributed by atoms with Crippen LogP contribution in [0.25, 0.3) is 0 Å². The fourth-order valence-corrected chi connectivity index (χ4v) is 13.2. The van der Waals surface area contributed by atoms with Crippen LogP contribution >= 0.6 is 0 Å². The summed E-state index contributed by atoms with van der Waals surface area (Å²) in [5.74, 6) is 4.52. The summed E-state index contributed by atoms with van der Waals surface area (Å²) in [6, 6.07) is 0. The van der Waals surface area contributed by atoms with Crippen molar-refractivity contribution in [2.75, 3.05) is 0 Å². The van der Waals surface area contributed by atoms with Crippen molar-refractivity contribution in [2.24, 2.45) is 88.3 Å². The predicted molar refractivity (Wildman–Crippen MR) is 214 cm³/mol. The number of carbonyl (C=O) groups is 6. The fraction of sp³-hybridized carbons (Fsp3) is 0.872. The molecule has 1 spiro atoms. The second-order valence-corrected chi connectivity index (χ2v) is 21.8. The molecule has 0 amide bonds. The van der Waals surface area contributed by atoms with Gasteiger partial charge in [-0.2, -0.15) is 0 Å². The van der Waals surface area contributed by atoms with E-state index in [9.17, 15) is 33.9 Å². The lowest BCUT2D eigenvalue weighted by molar-refractivity contribution is -0.222. The van der Waals surface area contributed by atoms with Gasteiger partial charge in [0.2, 0.25) is 0 Å². The quantitative estimate of drug-likeness (QED) is 0.166. The molecule has 2 heterocycles. The molecule has 8 aliphatic carbocycles. The third-order valence-electron chi connectivity index (χ3n) is 16.8. The van der Waals surface area contributed by atoms with Crippen LogP contribution in [0.2, 0.25) is 0 Å². The number of hydrogen-bond acceptors (Lipinski definition) is 11. The number of aliphatic hydroxyl groups is 1. The van der Waals surface area contributed by atoms with E-state index in [4.69, 9.17) is 14.2 Å². The van der Waals surface area contributed by atoms with Gasteiger partial charge in [0.05, 0.1) is 41.1 Å². The van der Waals surface area contributed by atoms with Gasteiger partial charge in [-0.3, -0.25) is 28.8 Å². The first-order chi connectivity index (χ1) is 26.9. The van der Waals surface area contributed by atoms with Crippen molar-refractivity contribution in [1.82, 2.24) is 0 Å². The number of cyclic esters (lactones) is 4. The molecular formula is C47H72O11. The van der Waals surface area contributed by atoms with Gasteiger partial charge in [-0.05, 0) is 144 Å². The molecule has 10 rings (SSSR count). The van der Waals surface area contributed by atoms with Crippen LogP contribution in [-0.4, -0.2) is 57.7 Å². The summed E-state index contributed by atoms with van der Waals surface area (Å²) < 4.78 is 20.5. The van der Waals surface area contributed by atoms with Crippen molar-refractivity contribution in [3.05, 3.63) is 0 Å². The fourth-order valence-electron chi connectivity index (χ4n) is 13.2. The minimum atomic E-state index is -0.542. The van der Waals surface area contributed by atoms with E-state index < -0.39 is 23.0 Å². The molecule has 10 aliphatic rings. The van der Waals surface area contributed by atoms with Crippen molar-refractivity contribution in [2.45, 2.75) is 170 Å². The monoisotopic (exact) mass is 813 g/mol. The molecule has 11 heteroatoms. The number of rotatable bonds is 4. The highest BCUT2D eigenvalue weighted by Crippen LogP contribution is 2.64. The first-order valence-electron chi connectivity index (χ1n) is 22.6. The highest BCUT2D eigenvalue weighted by atomic mass is 16.6. The van der Waals surface area contributed by atoms with Crippen LogP contribution in [0.5, 0.6) is 0 Å². The van der Waals surface area contributed by atoms with E-state index in [-0.39, 0.29) is 58.8 Å². The first-order valence-corrected chi connectivity index (χ1v) is 22.6. The summed E-state index contributed by atoms with van der Waals surface area (Å²) in [5, 5.41) is 10.6. The molecule has 326 valence electrons. The van der Waals surface area contributed by atoms with E-state index in [1.54, 1.807) is 13.8 Å². The van der Waals surface area contributed by atoms with Crippen LogP contribution in [0.15, 0.2) is 0 Å². The smallest absolute Gasteiger partial charge is 0.320 e. The lowest BCUT2D eigenvalue weighted by Crippen LogP contribution is -2.60. The Balaban J connectivity index is 0.000000134. The molecule has 0 radical (unpaired) electrons. The third-order valence-corrected chi connectivity index (χ3v) is 16.8. The molecule has 0 aromatic heterocycles. The molecule has 11 nitrogen and oxygen atoms in total. The molecule has 0 aromatic rings. The van der Waals surface area contributed by atoms with Gasteiger partial charge in [0.25, 0.3) is 0 Å². The number of carbonyl (C=O) groups excluding carboxylic acids is 6. The minimum absolute atomic E-state index is 0.0207. The van der Waals surface area contributed by atoms with Gasteiger partial charge in [-0.15, -0.1) is 0 Å². The van der Waals surface area contributed by atoms with E-state index in [1.807, 2.05) is 34.6 Å². The third kappa shape index (κ3) is 8.68. The van der Waals surface area contributed by atoms with Crippen molar-refractivity contribution in [3.8, 4) is 0 Å². The average molecular weight is 813 g/mol. The van der Waals surface area contributed by atoms with Gasteiger partial charge in [0.15, 0.2) is 0 Å². The molecule has 1 N–H and O–H groups in total. The Morgan fingerprint density at radius 2 is 1.36 bits per heavy atom. The van der Waals surface area contributed by atoms with E-state index in [0.717, 1.165) is 63.2 Å². The molecule has 15 unspecified atom stereocenters. The minimum Gasteiger partial charge on any atom is -0.460 e. The number of ether oxygens (including phenoxy) is 4. The lowest BCUT2D eigenvalue weighted by atomic mass is 9.52. The Bertz CT molecular complexity index is 1590. The molecule has 10 fully saturated rings. The highest BCUT2D eigenvalue weighted by molar-refractivity contribution is 5.98. The van der Waals surface area contributed by atoms with Gasteiger partial charge in [0, 0.05) is 6.42 Å². The van der Waals surface area contributed by atoms with E-state index >= 15 is 0 Å². The maximum Gasteiger partial charge on any atom is 0.320 e. The molecule has 0 aromatic carbocycles. The number of hydrogen-bond donors (Lipinski definition) is 1. The summed E-state index contributed by atoms with van der Waals surface area (Å²) in [6.45, 7) is 22.3. The second-order valence-electron chi connectivity index (χ2n) is 21.8. The van der Waals surface area contributed by atoms with Crippen LogP contribution in [0, 0.1) is 88.3 Å². The summed E-state index contributed by atoms with van der Waals surface area (Å²) in [6.07, 6.45) is 11.2. The van der Waals surface area contributed by atoms with Crippen molar-refractivity contribution in [1.29, 1.82) is 0 Å². The largest absolute Gasteiger partial charge is 0.460 e. The van der Waals surface area contributed by atoms with Gasteiger partial charge < -0.3 is 24.1 Å². The van der Waals surface area contributed by atoms with Crippen LogP contribution in [-0.2, 0) is 47.7 Å². The molecule has 15 atom stereocenters. The van der Waals surface area contributed by atoms with E-state index in [1.165, 1.54) is 12.8 Å². The zero-order valence-corrected chi connectivity index (χ0v) is 37.1. The SMILES string of the molecule is CC1C(=O)OC(=O)C1C.CC1C2CC(C(=O)OC(C)(C)C)C(C2)C1C.CC1C2CC(C1C)C1(CC(=O)OC1=O)C2.CCC(C)C(=O)OC12CC3CC(CC(O)(C3)C1)C2. The lowest BCUT2D eigenvalue weighted by Gasteiger charge is -2.59. The van der Waals surface area contributed by atoms with Crippen LogP contribution < -0.4 is 0 Å². The van der Waals surface area contributed by atoms with E-state index in [2.05, 4.69) is 32.4 Å². The van der Waals surface area contributed by atoms with Gasteiger partial charge in [-0.25, -0.2) is 0 Å². The Hall–Kier alpha value is -2.82. The Kier molecular flexibility index (Phi) is 12.5. The highest BCUT2D eigenvalue weighted by Gasteiger charge is 2.65. The summed E-state index contributed by atoms with van der Waals surface area (Å²) >= 11 is 0. The van der Waals surface area contributed by atoms with Gasteiger partial charge in [-0.1, -0.05) is 55.4 Å². The molecule has 2 aliphatic heterocycles.